The van der Waals surface area contributed by atoms with Crippen LogP contribution in [0, 0.1) is 17.8 Å². The van der Waals surface area contributed by atoms with E-state index in [1.807, 2.05) is 0 Å². The Morgan fingerprint density at radius 2 is 2.42 bits per heavy atom. The van der Waals surface area contributed by atoms with E-state index in [-0.39, 0.29) is 6.61 Å². The van der Waals surface area contributed by atoms with Gasteiger partial charge < -0.3 is 15.2 Å². The molecule has 4 unspecified atom stereocenters. The van der Waals surface area contributed by atoms with Gasteiger partial charge >= 0.3 is 0 Å². The number of nitrogens with one attached hydrogen (secondary N) is 1. The van der Waals surface area contributed by atoms with Crippen LogP contribution in [-0.2, 0) is 0 Å². The Kier molecular flexibility index (Phi) is 4.30. The van der Waals surface area contributed by atoms with Crippen molar-refractivity contribution in [1.29, 1.82) is 0 Å². The Morgan fingerprint density at radius 3 is 3.11 bits per heavy atom. The minimum atomic E-state index is -0.486. The summed E-state index contributed by atoms with van der Waals surface area (Å²) >= 11 is 1.11. The van der Waals surface area contributed by atoms with Gasteiger partial charge in [-0.25, -0.2) is 0 Å². The summed E-state index contributed by atoms with van der Waals surface area (Å²) < 4.78 is 13.1. The summed E-state index contributed by atoms with van der Waals surface area (Å²) in [5, 5.41) is 13.2. The number of aliphatic hydroxyl groups is 1. The third-order valence-corrected chi connectivity index (χ3v) is 4.90. The lowest BCUT2D eigenvalue weighted by Gasteiger charge is -2.22. The largest absolute Gasteiger partial charge is 0.473 e. The average molecular weight is 283 g/mol. The van der Waals surface area contributed by atoms with Crippen molar-refractivity contribution in [2.24, 2.45) is 17.8 Å². The molecule has 2 aliphatic carbocycles. The van der Waals surface area contributed by atoms with Crippen LogP contribution >= 0.6 is 11.7 Å². The Labute approximate surface area is 117 Å². The molecule has 1 aromatic heterocycles. The highest BCUT2D eigenvalue weighted by molar-refractivity contribution is 6.99. The molecule has 5 nitrogen and oxygen atoms in total. The van der Waals surface area contributed by atoms with Gasteiger partial charge in [-0.2, -0.15) is 4.37 Å². The number of hydrogen-bond donors (Lipinski definition) is 2. The zero-order valence-electron chi connectivity index (χ0n) is 11.0. The SMILES string of the molecule is OC(CNCC1CC2CCC1C2)COc1cnsn1. The Hall–Kier alpha value is -0.720. The van der Waals surface area contributed by atoms with E-state index in [0.717, 1.165) is 36.0 Å². The third kappa shape index (κ3) is 3.43. The predicted octanol–water partition coefficient (Wildman–Crippen LogP) is 1.30. The van der Waals surface area contributed by atoms with E-state index in [4.69, 9.17) is 4.74 Å². The van der Waals surface area contributed by atoms with E-state index in [1.54, 1.807) is 6.20 Å². The van der Waals surface area contributed by atoms with Crippen LogP contribution in [0.5, 0.6) is 5.88 Å². The number of ether oxygens (including phenoxy) is 1. The average Bonchev–Trinajstić information content (AvgIpc) is 3.13. The number of rotatable bonds is 7. The van der Waals surface area contributed by atoms with Gasteiger partial charge in [0.25, 0.3) is 0 Å². The number of nitrogens with zero attached hydrogens (tertiary/aromatic N) is 2. The molecular weight excluding hydrogens is 262 g/mol. The molecule has 19 heavy (non-hydrogen) atoms. The zero-order chi connectivity index (χ0) is 13.1. The predicted molar refractivity (Wildman–Crippen MR) is 73.2 cm³/mol. The first-order valence-electron chi connectivity index (χ1n) is 7.10. The second-order valence-corrected chi connectivity index (χ2v) is 6.36. The molecule has 2 bridgehead atoms. The maximum absolute atomic E-state index is 9.82. The molecule has 0 spiro atoms. The summed E-state index contributed by atoms with van der Waals surface area (Å²) in [4.78, 5) is 0. The molecule has 1 aromatic rings. The fraction of sp³-hybridized carbons (Fsp3) is 0.846. The monoisotopic (exact) mass is 283 g/mol. The fourth-order valence-electron chi connectivity index (χ4n) is 3.52. The maximum atomic E-state index is 9.82. The summed E-state index contributed by atoms with van der Waals surface area (Å²) in [5.74, 6) is 3.25. The van der Waals surface area contributed by atoms with E-state index in [0.29, 0.717) is 12.4 Å². The molecule has 2 N–H and O–H groups in total. The molecule has 0 aliphatic heterocycles. The second kappa shape index (κ2) is 6.15. The van der Waals surface area contributed by atoms with Crippen molar-refractivity contribution in [3.05, 3.63) is 6.20 Å². The molecule has 106 valence electrons. The number of aromatic nitrogens is 2. The van der Waals surface area contributed by atoms with E-state index in [1.165, 1.54) is 25.7 Å². The summed E-state index contributed by atoms with van der Waals surface area (Å²) in [6.45, 7) is 1.90. The normalized spacial score (nSPS) is 30.7. The highest BCUT2D eigenvalue weighted by Gasteiger charge is 2.38. The van der Waals surface area contributed by atoms with Gasteiger partial charge in [0.1, 0.15) is 18.9 Å². The van der Waals surface area contributed by atoms with E-state index in [9.17, 15) is 5.11 Å². The number of fused-ring (bicyclic) bond motifs is 2. The smallest absolute Gasteiger partial charge is 0.245 e. The van der Waals surface area contributed by atoms with Crippen LogP contribution in [0.15, 0.2) is 6.20 Å². The van der Waals surface area contributed by atoms with Crippen LogP contribution in [0.1, 0.15) is 25.7 Å². The van der Waals surface area contributed by atoms with Crippen LogP contribution in [0.25, 0.3) is 0 Å². The van der Waals surface area contributed by atoms with E-state index >= 15 is 0 Å². The minimum Gasteiger partial charge on any atom is -0.473 e. The van der Waals surface area contributed by atoms with Crippen molar-refractivity contribution >= 4 is 11.7 Å². The van der Waals surface area contributed by atoms with Crippen molar-refractivity contribution in [3.8, 4) is 5.88 Å². The van der Waals surface area contributed by atoms with Crippen LogP contribution < -0.4 is 10.1 Å². The zero-order valence-corrected chi connectivity index (χ0v) is 11.8. The molecule has 0 amide bonds. The molecule has 6 heteroatoms. The lowest BCUT2D eigenvalue weighted by molar-refractivity contribution is 0.102. The van der Waals surface area contributed by atoms with Gasteiger partial charge in [0.15, 0.2) is 0 Å². The Bertz CT molecular complexity index is 387. The van der Waals surface area contributed by atoms with Crippen LogP contribution in [0.4, 0.5) is 0 Å². The first-order valence-corrected chi connectivity index (χ1v) is 7.83. The molecule has 4 atom stereocenters. The van der Waals surface area contributed by atoms with Crippen LogP contribution in [-0.4, -0.2) is 39.7 Å². The van der Waals surface area contributed by atoms with Crippen LogP contribution in [0.2, 0.25) is 0 Å². The molecular formula is C13H21N3O2S. The minimum absolute atomic E-state index is 0.273. The summed E-state index contributed by atoms with van der Waals surface area (Å²) in [6.07, 6.45) is 6.77. The maximum Gasteiger partial charge on any atom is 0.245 e. The molecule has 3 rings (SSSR count). The van der Waals surface area contributed by atoms with Gasteiger partial charge in [0.2, 0.25) is 5.88 Å². The van der Waals surface area contributed by atoms with Crippen molar-refractivity contribution < 1.29 is 9.84 Å². The van der Waals surface area contributed by atoms with Crippen molar-refractivity contribution in [2.75, 3.05) is 19.7 Å². The summed E-state index contributed by atoms with van der Waals surface area (Å²) in [6, 6.07) is 0. The quantitative estimate of drug-likeness (QED) is 0.789. The summed E-state index contributed by atoms with van der Waals surface area (Å²) in [5.41, 5.74) is 0. The lowest BCUT2D eigenvalue weighted by Crippen LogP contribution is -2.35. The van der Waals surface area contributed by atoms with E-state index in [2.05, 4.69) is 14.1 Å². The van der Waals surface area contributed by atoms with Gasteiger partial charge in [-0.1, -0.05) is 6.42 Å². The highest BCUT2D eigenvalue weighted by atomic mass is 32.1. The second-order valence-electron chi connectivity index (χ2n) is 5.80. The van der Waals surface area contributed by atoms with Gasteiger partial charge in [0.05, 0.1) is 11.7 Å². The Morgan fingerprint density at radius 1 is 1.47 bits per heavy atom. The molecule has 2 fully saturated rings. The summed E-state index contributed by atoms with van der Waals surface area (Å²) in [7, 11) is 0. The van der Waals surface area contributed by atoms with Gasteiger partial charge in [-0.3, -0.25) is 0 Å². The standard InChI is InChI=1S/C13H21N3O2S/c17-12(8-18-13-7-15-19-16-13)6-14-5-11-4-9-1-2-10(11)3-9/h7,9-12,14,17H,1-6,8H2. The van der Waals surface area contributed by atoms with Crippen LogP contribution in [0.3, 0.4) is 0 Å². The first kappa shape index (κ1) is 13.3. The molecule has 2 aliphatic rings. The highest BCUT2D eigenvalue weighted by Crippen LogP contribution is 2.47. The van der Waals surface area contributed by atoms with Crippen molar-refractivity contribution in [1.82, 2.24) is 14.1 Å². The fourth-order valence-corrected chi connectivity index (χ4v) is 3.89. The van der Waals surface area contributed by atoms with Crippen molar-refractivity contribution in [3.63, 3.8) is 0 Å². The topological polar surface area (TPSA) is 67.3 Å². The molecule has 2 saturated carbocycles. The van der Waals surface area contributed by atoms with Gasteiger partial charge in [-0.05, 0) is 43.6 Å². The molecule has 0 saturated heterocycles. The third-order valence-electron chi connectivity index (χ3n) is 4.44. The first-order chi connectivity index (χ1) is 9.31. The molecule has 0 aromatic carbocycles. The molecule has 1 heterocycles. The molecule has 0 radical (unpaired) electrons. The number of aliphatic hydroxyl groups excluding tert-OH is 1. The van der Waals surface area contributed by atoms with Gasteiger partial charge in [0, 0.05) is 6.54 Å². The Balaban J connectivity index is 1.29. The van der Waals surface area contributed by atoms with E-state index < -0.39 is 6.10 Å². The van der Waals surface area contributed by atoms with Crippen molar-refractivity contribution in [2.45, 2.75) is 31.8 Å². The van der Waals surface area contributed by atoms with Gasteiger partial charge in [-0.15, -0.1) is 4.37 Å². The lowest BCUT2D eigenvalue weighted by atomic mass is 9.89. The number of hydrogen-bond acceptors (Lipinski definition) is 6.